The summed E-state index contributed by atoms with van der Waals surface area (Å²) in [7, 11) is 2.29. The van der Waals surface area contributed by atoms with E-state index in [-0.39, 0.29) is 11.7 Å². The van der Waals surface area contributed by atoms with Crippen molar-refractivity contribution in [1.29, 1.82) is 0 Å². The van der Waals surface area contributed by atoms with E-state index in [1.54, 1.807) is 0 Å². The van der Waals surface area contributed by atoms with Crippen molar-refractivity contribution in [2.24, 2.45) is 17.8 Å². The normalized spacial score (nSPS) is 45.1. The van der Waals surface area contributed by atoms with Crippen LogP contribution in [0.4, 0.5) is 0 Å². The number of nitrogens with zero attached hydrogens (tertiary/aromatic N) is 1. The highest BCUT2D eigenvalue weighted by atomic mass is 16.5. The summed E-state index contributed by atoms with van der Waals surface area (Å²) in [6.07, 6.45) is 10.6. The highest BCUT2D eigenvalue weighted by Gasteiger charge is 2.51. The van der Waals surface area contributed by atoms with Crippen LogP contribution in [-0.2, 0) is 4.74 Å². The Balaban J connectivity index is 1.32. The fourth-order valence-electron chi connectivity index (χ4n) is 6.32. The molecule has 0 amide bonds. The molecular formula is C18H32NO2+. The molecule has 0 spiro atoms. The van der Waals surface area contributed by atoms with Gasteiger partial charge in [0.25, 0.3) is 0 Å². The number of hydrogen-bond donors (Lipinski definition) is 1. The molecule has 5 aliphatic rings. The van der Waals surface area contributed by atoms with Crippen LogP contribution in [0.25, 0.3) is 0 Å². The Labute approximate surface area is 129 Å². The van der Waals surface area contributed by atoms with E-state index in [9.17, 15) is 5.11 Å². The van der Waals surface area contributed by atoms with E-state index >= 15 is 0 Å². The lowest BCUT2D eigenvalue weighted by Crippen LogP contribution is -2.54. The highest BCUT2D eigenvalue weighted by Crippen LogP contribution is 2.57. The molecule has 120 valence electrons. The Morgan fingerprint density at radius 3 is 2.10 bits per heavy atom. The Morgan fingerprint density at radius 1 is 1.05 bits per heavy atom. The summed E-state index contributed by atoms with van der Waals surface area (Å²) in [6.45, 7) is 3.91. The molecule has 1 N–H and O–H groups in total. The van der Waals surface area contributed by atoms with Gasteiger partial charge >= 0.3 is 0 Å². The summed E-state index contributed by atoms with van der Waals surface area (Å²) in [5.74, 6) is 2.78. The van der Waals surface area contributed by atoms with E-state index in [4.69, 9.17) is 4.74 Å². The van der Waals surface area contributed by atoms with Crippen LogP contribution in [0.1, 0.15) is 51.4 Å². The zero-order valence-corrected chi connectivity index (χ0v) is 13.6. The molecule has 1 saturated heterocycles. The summed E-state index contributed by atoms with van der Waals surface area (Å²) < 4.78 is 7.45. The monoisotopic (exact) mass is 294 g/mol. The van der Waals surface area contributed by atoms with Crippen LogP contribution in [0, 0.1) is 17.8 Å². The topological polar surface area (TPSA) is 29.5 Å². The van der Waals surface area contributed by atoms with Gasteiger partial charge in [-0.15, -0.1) is 0 Å². The number of ether oxygens (including phenoxy) is 1. The lowest BCUT2D eigenvalue weighted by molar-refractivity contribution is -0.900. The van der Waals surface area contributed by atoms with Gasteiger partial charge < -0.3 is 14.3 Å². The van der Waals surface area contributed by atoms with Gasteiger partial charge in [-0.3, -0.25) is 0 Å². The van der Waals surface area contributed by atoms with Gasteiger partial charge in [0.15, 0.2) is 0 Å². The van der Waals surface area contributed by atoms with Crippen molar-refractivity contribution in [2.75, 3.05) is 33.3 Å². The van der Waals surface area contributed by atoms with Crippen LogP contribution < -0.4 is 0 Å². The summed E-state index contributed by atoms with van der Waals surface area (Å²) >= 11 is 0. The van der Waals surface area contributed by atoms with Gasteiger partial charge in [-0.2, -0.15) is 0 Å². The maximum absolute atomic E-state index is 10.4. The first kappa shape index (κ1) is 14.5. The summed E-state index contributed by atoms with van der Waals surface area (Å²) in [5, 5.41) is 10.4. The smallest absolute Gasteiger partial charge is 0.126 e. The minimum Gasteiger partial charge on any atom is -0.385 e. The van der Waals surface area contributed by atoms with Crippen molar-refractivity contribution in [2.45, 2.75) is 63.1 Å². The lowest BCUT2D eigenvalue weighted by Gasteiger charge is -2.56. The molecule has 5 fully saturated rings. The first-order chi connectivity index (χ1) is 10.0. The molecule has 21 heavy (non-hydrogen) atoms. The van der Waals surface area contributed by atoms with E-state index in [2.05, 4.69) is 7.05 Å². The minimum atomic E-state index is -0.277. The van der Waals surface area contributed by atoms with Crippen LogP contribution in [-0.4, -0.2) is 54.6 Å². The van der Waals surface area contributed by atoms with Crippen LogP contribution in [0.3, 0.4) is 0 Å². The van der Waals surface area contributed by atoms with Crippen molar-refractivity contribution in [3.63, 3.8) is 0 Å². The van der Waals surface area contributed by atoms with Crippen molar-refractivity contribution in [3.8, 4) is 0 Å². The second-order valence-corrected chi connectivity index (χ2v) is 9.02. The standard InChI is InChI=1S/C18H32NO2/c1-19(4-2-3-5-19)12-17(20)13-21-18-9-14-6-15(10-18)8-16(7-14)11-18/h14-17,20H,2-13H2,1H3/q+1/t14?,15?,16?,17-,18?/m1/s1. The molecule has 0 unspecified atom stereocenters. The molecule has 1 heterocycles. The molecule has 0 aromatic carbocycles. The van der Waals surface area contributed by atoms with Crippen LogP contribution in [0.15, 0.2) is 0 Å². The molecule has 4 bridgehead atoms. The van der Waals surface area contributed by atoms with E-state index in [0.717, 1.165) is 28.8 Å². The van der Waals surface area contributed by atoms with Gasteiger partial charge in [-0.25, -0.2) is 0 Å². The predicted octanol–water partition coefficient (Wildman–Crippen LogP) is 2.57. The van der Waals surface area contributed by atoms with Crippen LogP contribution in [0.2, 0.25) is 0 Å². The number of quaternary nitrogens is 1. The summed E-state index contributed by atoms with van der Waals surface area (Å²) in [6, 6.07) is 0. The van der Waals surface area contributed by atoms with E-state index in [1.807, 2.05) is 0 Å². The van der Waals surface area contributed by atoms with Gasteiger partial charge in [0.05, 0.1) is 32.3 Å². The second kappa shape index (κ2) is 5.21. The lowest BCUT2D eigenvalue weighted by atomic mass is 9.54. The van der Waals surface area contributed by atoms with Gasteiger partial charge in [0.2, 0.25) is 0 Å². The zero-order valence-electron chi connectivity index (χ0n) is 13.6. The minimum absolute atomic E-state index is 0.152. The van der Waals surface area contributed by atoms with E-state index in [0.29, 0.717) is 6.61 Å². The van der Waals surface area contributed by atoms with Gasteiger partial charge in [0, 0.05) is 12.8 Å². The van der Waals surface area contributed by atoms with Crippen molar-refractivity contribution >= 4 is 0 Å². The number of aliphatic hydroxyl groups is 1. The Hall–Kier alpha value is -0.120. The molecule has 5 rings (SSSR count). The van der Waals surface area contributed by atoms with E-state index in [1.165, 1.54) is 64.5 Å². The number of likely N-dealkylation sites (N-methyl/N-ethyl adjacent to an activating group) is 1. The van der Waals surface area contributed by atoms with Gasteiger partial charge in [-0.1, -0.05) is 0 Å². The molecule has 4 aliphatic carbocycles. The Morgan fingerprint density at radius 2 is 1.57 bits per heavy atom. The quantitative estimate of drug-likeness (QED) is 0.790. The number of likely N-dealkylation sites (tertiary alicyclic amines) is 1. The first-order valence-corrected chi connectivity index (χ1v) is 9.20. The molecule has 3 heteroatoms. The summed E-state index contributed by atoms with van der Waals surface area (Å²) in [5.41, 5.74) is 0.152. The molecule has 1 aliphatic heterocycles. The molecule has 4 saturated carbocycles. The molecule has 0 aromatic heterocycles. The van der Waals surface area contributed by atoms with E-state index < -0.39 is 0 Å². The fourth-order valence-corrected chi connectivity index (χ4v) is 6.32. The number of hydrogen-bond acceptors (Lipinski definition) is 2. The van der Waals surface area contributed by atoms with Crippen LogP contribution in [0.5, 0.6) is 0 Å². The van der Waals surface area contributed by atoms with Crippen LogP contribution >= 0.6 is 0 Å². The fraction of sp³-hybridized carbons (Fsp3) is 1.00. The molecule has 0 aromatic rings. The Bertz CT molecular complexity index is 353. The summed E-state index contributed by atoms with van der Waals surface area (Å²) in [4.78, 5) is 0. The van der Waals surface area contributed by atoms with Gasteiger partial charge in [-0.05, 0) is 56.3 Å². The maximum Gasteiger partial charge on any atom is 0.126 e. The largest absolute Gasteiger partial charge is 0.385 e. The van der Waals surface area contributed by atoms with Crippen molar-refractivity contribution in [1.82, 2.24) is 0 Å². The third kappa shape index (κ3) is 2.89. The Kier molecular flexibility index (Phi) is 3.59. The third-order valence-corrected chi connectivity index (χ3v) is 6.86. The molecular weight excluding hydrogens is 262 g/mol. The van der Waals surface area contributed by atoms with Gasteiger partial charge in [0.1, 0.15) is 12.6 Å². The molecule has 0 radical (unpaired) electrons. The molecule has 3 nitrogen and oxygen atoms in total. The molecule has 1 atom stereocenters. The first-order valence-electron chi connectivity index (χ1n) is 9.20. The predicted molar refractivity (Wildman–Crippen MR) is 82.9 cm³/mol. The number of aliphatic hydroxyl groups excluding tert-OH is 1. The average molecular weight is 294 g/mol. The average Bonchev–Trinajstić information content (AvgIpc) is 2.81. The zero-order chi connectivity index (χ0) is 14.5. The number of rotatable bonds is 5. The second-order valence-electron chi connectivity index (χ2n) is 9.02. The third-order valence-electron chi connectivity index (χ3n) is 6.86. The van der Waals surface area contributed by atoms with Crippen molar-refractivity contribution < 1.29 is 14.3 Å². The highest BCUT2D eigenvalue weighted by molar-refractivity contribution is 5.03. The maximum atomic E-state index is 10.4. The SMILES string of the molecule is C[N+]1(C[C@@H](O)COC23CC4CC(CC(C4)C2)C3)CCCC1. The van der Waals surface area contributed by atoms with Crippen molar-refractivity contribution in [3.05, 3.63) is 0 Å².